The number of hydrogen-bond acceptors (Lipinski definition) is 6. The van der Waals surface area contributed by atoms with E-state index in [1.54, 1.807) is 20.8 Å². The Morgan fingerprint density at radius 3 is 2.41 bits per heavy atom. The molecule has 0 spiro atoms. The summed E-state index contributed by atoms with van der Waals surface area (Å²) >= 11 is 0. The van der Waals surface area contributed by atoms with E-state index in [2.05, 4.69) is 16.9 Å². The van der Waals surface area contributed by atoms with Crippen LogP contribution in [0.4, 0.5) is 13.6 Å². The zero-order valence-corrected chi connectivity index (χ0v) is 18.0. The number of sulfonamides is 1. The number of amides is 1. The Bertz CT molecular complexity index is 916. The third-order valence-electron chi connectivity index (χ3n) is 3.81. The van der Waals surface area contributed by atoms with E-state index in [0.717, 1.165) is 7.05 Å². The Kier molecular flexibility index (Phi) is 7.12. The smallest absolute Gasteiger partial charge is 0.414 e. The van der Waals surface area contributed by atoms with Gasteiger partial charge in [-0.1, -0.05) is 6.58 Å². The normalized spacial score (nSPS) is 23.0. The number of rotatable bonds is 4. The molecule has 29 heavy (non-hydrogen) atoms. The van der Waals surface area contributed by atoms with Crippen LogP contribution in [-0.4, -0.2) is 55.0 Å². The zero-order valence-electron chi connectivity index (χ0n) is 17.2. The van der Waals surface area contributed by atoms with Crippen LogP contribution in [0.2, 0.25) is 0 Å². The molecule has 0 saturated heterocycles. The number of hydrogen-bond donors (Lipinski definition) is 1. The van der Waals surface area contributed by atoms with Crippen LogP contribution in [-0.2, 0) is 19.6 Å². The number of alkyl carbamates (subject to hydrolysis) is 1. The minimum atomic E-state index is -4.05. The number of guanidine groups is 1. The summed E-state index contributed by atoms with van der Waals surface area (Å²) in [6.07, 6.45) is 0.0160. The number of allylic oxidation sites excluding steroid dienone is 3. The van der Waals surface area contributed by atoms with Gasteiger partial charge in [0.15, 0.2) is 11.7 Å². The van der Waals surface area contributed by atoms with Crippen molar-refractivity contribution in [2.75, 3.05) is 12.8 Å². The molecule has 0 saturated carbocycles. The van der Waals surface area contributed by atoms with Crippen LogP contribution in [0.1, 0.15) is 34.6 Å². The molecule has 0 aliphatic carbocycles. The highest BCUT2D eigenvalue weighted by atomic mass is 32.2. The van der Waals surface area contributed by atoms with Crippen molar-refractivity contribution in [3.63, 3.8) is 0 Å². The Hall–Kier alpha value is -2.56. The maximum atomic E-state index is 14.5. The van der Waals surface area contributed by atoms with Gasteiger partial charge in [-0.25, -0.2) is 31.3 Å². The summed E-state index contributed by atoms with van der Waals surface area (Å²) in [7, 11) is -2.90. The summed E-state index contributed by atoms with van der Waals surface area (Å²) in [6.45, 7) is 10.8. The number of carbonyl (C=O) groups is 2. The van der Waals surface area contributed by atoms with Crippen LogP contribution in [0.5, 0.6) is 0 Å². The molecule has 1 aliphatic heterocycles. The molecule has 0 radical (unpaired) electrons. The van der Waals surface area contributed by atoms with Gasteiger partial charge in [0.05, 0.1) is 5.75 Å². The second-order valence-electron chi connectivity index (χ2n) is 7.71. The Balaban J connectivity index is 3.39. The molecule has 0 aromatic carbocycles. The quantitative estimate of drug-likeness (QED) is 0.417. The van der Waals surface area contributed by atoms with Gasteiger partial charge in [-0.05, 0) is 46.3 Å². The zero-order chi connectivity index (χ0) is 22.8. The lowest BCUT2D eigenvalue weighted by Gasteiger charge is -2.36. The van der Waals surface area contributed by atoms with Crippen LogP contribution < -0.4 is 5.32 Å². The van der Waals surface area contributed by atoms with E-state index in [-0.39, 0.29) is 5.57 Å². The van der Waals surface area contributed by atoms with E-state index < -0.39 is 56.2 Å². The van der Waals surface area contributed by atoms with E-state index in [4.69, 9.17) is 4.74 Å². The van der Waals surface area contributed by atoms with E-state index in [0.29, 0.717) is 16.7 Å². The third kappa shape index (κ3) is 6.21. The van der Waals surface area contributed by atoms with Gasteiger partial charge in [-0.15, -0.1) is 0 Å². The first-order chi connectivity index (χ1) is 13.0. The van der Waals surface area contributed by atoms with Crippen molar-refractivity contribution < 1.29 is 31.5 Å². The van der Waals surface area contributed by atoms with Gasteiger partial charge >= 0.3 is 6.09 Å². The molecule has 1 atom stereocenters. The molecular formula is C18H25F2N3O5S. The lowest BCUT2D eigenvalue weighted by atomic mass is 9.94. The first-order valence-corrected chi connectivity index (χ1v) is 10.1. The highest BCUT2D eigenvalue weighted by Crippen LogP contribution is 2.34. The van der Waals surface area contributed by atoms with Gasteiger partial charge in [-0.2, -0.15) is 0 Å². The van der Waals surface area contributed by atoms with Crippen molar-refractivity contribution in [1.29, 1.82) is 0 Å². The van der Waals surface area contributed by atoms with Gasteiger partial charge in [0, 0.05) is 12.6 Å². The van der Waals surface area contributed by atoms with E-state index in [1.165, 1.54) is 13.8 Å². The van der Waals surface area contributed by atoms with E-state index >= 15 is 0 Å². The molecule has 1 N–H and O–H groups in total. The fourth-order valence-corrected chi connectivity index (χ4v) is 3.75. The average molecular weight is 433 g/mol. The SMILES string of the molecule is C=C(/C(F)=C(F)\C=C(/C)C=O)[C@]1(C)CS(=O)(=O)N(C)C(NC(=O)OC(C)(C)C)=N1. The molecule has 1 rings (SSSR count). The topological polar surface area (TPSA) is 105 Å². The molecule has 1 amide bonds. The van der Waals surface area contributed by atoms with Crippen LogP contribution in [0.15, 0.2) is 40.4 Å². The summed E-state index contributed by atoms with van der Waals surface area (Å²) in [6, 6.07) is 0. The first-order valence-electron chi connectivity index (χ1n) is 8.47. The number of nitrogens with one attached hydrogen (secondary N) is 1. The Morgan fingerprint density at radius 1 is 1.38 bits per heavy atom. The summed E-state index contributed by atoms with van der Waals surface area (Å²) in [5, 5.41) is 2.20. The molecule has 0 aromatic rings. The highest BCUT2D eigenvalue weighted by Gasteiger charge is 2.44. The fraction of sp³-hybridized carbons (Fsp3) is 0.500. The Morgan fingerprint density at radius 2 is 1.93 bits per heavy atom. The fourth-order valence-electron chi connectivity index (χ4n) is 2.25. The first kappa shape index (κ1) is 24.5. The number of aliphatic imine (C=N–C) groups is 1. The largest absolute Gasteiger partial charge is 0.444 e. The maximum Gasteiger partial charge on any atom is 0.414 e. The molecule has 0 fully saturated rings. The van der Waals surface area contributed by atoms with Crippen LogP contribution >= 0.6 is 0 Å². The second-order valence-corrected chi connectivity index (χ2v) is 9.71. The molecule has 0 unspecified atom stereocenters. The standard InChI is InChI=1S/C18H25F2N3O5S/c1-11(9-24)8-13(19)14(20)12(2)18(6)10-29(26,27)23(7)15(22-18)21-16(25)28-17(3,4)5/h8-9H,2,10H2,1,3-7H3,(H,21,22,25)/b11-8+,14-13-/t18-/m0/s1. The molecule has 8 nitrogen and oxygen atoms in total. The predicted octanol–water partition coefficient (Wildman–Crippen LogP) is 2.75. The minimum Gasteiger partial charge on any atom is -0.444 e. The van der Waals surface area contributed by atoms with Gasteiger partial charge in [0.25, 0.3) is 0 Å². The van der Waals surface area contributed by atoms with Gasteiger partial charge in [0.1, 0.15) is 17.4 Å². The van der Waals surface area contributed by atoms with Crippen molar-refractivity contribution in [1.82, 2.24) is 9.62 Å². The summed E-state index contributed by atoms with van der Waals surface area (Å²) in [5.74, 6) is -3.99. The summed E-state index contributed by atoms with van der Waals surface area (Å²) < 4.78 is 59.4. The summed E-state index contributed by atoms with van der Waals surface area (Å²) in [5.41, 5.74) is -3.32. The number of aldehydes is 1. The van der Waals surface area contributed by atoms with Crippen molar-refractivity contribution in [2.45, 2.75) is 45.8 Å². The lowest BCUT2D eigenvalue weighted by Crippen LogP contribution is -2.55. The number of halogens is 2. The monoisotopic (exact) mass is 433 g/mol. The minimum absolute atomic E-state index is 0.0811. The Labute approximate surface area is 169 Å². The second kappa shape index (κ2) is 8.44. The molecule has 162 valence electrons. The van der Waals surface area contributed by atoms with Gasteiger partial charge < -0.3 is 4.74 Å². The molecule has 11 heteroatoms. The van der Waals surface area contributed by atoms with Crippen molar-refractivity contribution in [3.8, 4) is 0 Å². The van der Waals surface area contributed by atoms with Crippen molar-refractivity contribution in [2.24, 2.45) is 4.99 Å². The number of nitrogens with zero attached hydrogens (tertiary/aromatic N) is 2. The van der Waals surface area contributed by atoms with Crippen LogP contribution in [0, 0.1) is 0 Å². The summed E-state index contributed by atoms with van der Waals surface area (Å²) in [4.78, 5) is 26.7. The predicted molar refractivity (Wildman–Crippen MR) is 105 cm³/mol. The number of ether oxygens (including phenoxy) is 1. The van der Waals surface area contributed by atoms with Crippen molar-refractivity contribution >= 4 is 28.4 Å². The van der Waals surface area contributed by atoms with E-state index in [9.17, 15) is 26.8 Å². The molecule has 0 bridgehead atoms. The van der Waals surface area contributed by atoms with Gasteiger partial charge in [0.2, 0.25) is 16.0 Å². The average Bonchev–Trinajstić information content (AvgIpc) is 2.55. The van der Waals surface area contributed by atoms with Gasteiger partial charge in [-0.3, -0.25) is 10.1 Å². The van der Waals surface area contributed by atoms with Crippen LogP contribution in [0.3, 0.4) is 0 Å². The molecular weight excluding hydrogens is 408 g/mol. The molecule has 0 aromatic heterocycles. The third-order valence-corrected chi connectivity index (χ3v) is 5.74. The van der Waals surface area contributed by atoms with Crippen molar-refractivity contribution in [3.05, 3.63) is 35.5 Å². The van der Waals surface area contributed by atoms with Crippen LogP contribution in [0.25, 0.3) is 0 Å². The van der Waals surface area contributed by atoms with E-state index in [1.807, 2.05) is 0 Å². The number of carbonyl (C=O) groups excluding carboxylic acids is 2. The lowest BCUT2D eigenvalue weighted by molar-refractivity contribution is -0.104. The molecule has 1 heterocycles. The maximum absolute atomic E-state index is 14.5. The highest BCUT2D eigenvalue weighted by molar-refractivity contribution is 7.89. The molecule has 1 aliphatic rings.